The lowest BCUT2D eigenvalue weighted by atomic mass is 9.95. The standard InChI is InChI=1S/C13H24O3/c1-11(4-6-15-10-14-3)8-13-9-12(2)5-7-16-13/h5,11,13H,4,6-10H2,1-3H3/t11-,13?/m0/s1. The molecular weight excluding hydrogens is 204 g/mol. The lowest BCUT2D eigenvalue weighted by Crippen LogP contribution is -2.21. The summed E-state index contributed by atoms with van der Waals surface area (Å²) < 4.78 is 15.8. The molecule has 3 nitrogen and oxygen atoms in total. The minimum absolute atomic E-state index is 0.397. The molecule has 1 heterocycles. The highest BCUT2D eigenvalue weighted by molar-refractivity contribution is 5.03. The van der Waals surface area contributed by atoms with Gasteiger partial charge in [0.2, 0.25) is 0 Å². The van der Waals surface area contributed by atoms with E-state index in [0.29, 0.717) is 18.8 Å². The number of hydrogen-bond acceptors (Lipinski definition) is 3. The van der Waals surface area contributed by atoms with Crippen LogP contribution in [-0.4, -0.2) is 33.2 Å². The second-order valence-corrected chi connectivity index (χ2v) is 4.65. The van der Waals surface area contributed by atoms with E-state index < -0.39 is 0 Å². The lowest BCUT2D eigenvalue weighted by molar-refractivity contribution is -0.0362. The lowest BCUT2D eigenvalue weighted by Gasteiger charge is -2.24. The molecule has 0 saturated carbocycles. The molecule has 0 spiro atoms. The first-order valence-electron chi connectivity index (χ1n) is 6.06. The van der Waals surface area contributed by atoms with Gasteiger partial charge in [0.05, 0.1) is 12.7 Å². The first-order chi connectivity index (χ1) is 7.72. The van der Waals surface area contributed by atoms with Crippen LogP contribution in [0.3, 0.4) is 0 Å². The van der Waals surface area contributed by atoms with Crippen molar-refractivity contribution < 1.29 is 14.2 Å². The van der Waals surface area contributed by atoms with Gasteiger partial charge in [-0.1, -0.05) is 18.6 Å². The van der Waals surface area contributed by atoms with Gasteiger partial charge in [0.15, 0.2) is 0 Å². The highest BCUT2D eigenvalue weighted by atomic mass is 16.7. The molecule has 0 aromatic rings. The Kier molecular flexibility index (Phi) is 6.69. The third-order valence-electron chi connectivity index (χ3n) is 2.93. The van der Waals surface area contributed by atoms with Gasteiger partial charge in [0.1, 0.15) is 6.79 Å². The maximum Gasteiger partial charge on any atom is 0.146 e. The van der Waals surface area contributed by atoms with Crippen molar-refractivity contribution in [1.29, 1.82) is 0 Å². The molecule has 0 amide bonds. The Morgan fingerprint density at radius 2 is 2.38 bits per heavy atom. The normalized spacial score (nSPS) is 22.9. The minimum atomic E-state index is 0.397. The average molecular weight is 228 g/mol. The summed E-state index contributed by atoms with van der Waals surface area (Å²) in [5.74, 6) is 0.646. The Labute approximate surface area is 98.8 Å². The summed E-state index contributed by atoms with van der Waals surface area (Å²) in [6, 6.07) is 0. The second-order valence-electron chi connectivity index (χ2n) is 4.65. The Hall–Kier alpha value is -0.380. The molecule has 0 radical (unpaired) electrons. The fourth-order valence-electron chi connectivity index (χ4n) is 1.97. The van der Waals surface area contributed by atoms with Gasteiger partial charge in [-0.05, 0) is 32.1 Å². The summed E-state index contributed by atoms with van der Waals surface area (Å²) in [5, 5.41) is 0. The van der Waals surface area contributed by atoms with Crippen molar-refractivity contribution in [3.8, 4) is 0 Å². The Bertz CT molecular complexity index is 213. The first kappa shape index (κ1) is 13.7. The zero-order valence-electron chi connectivity index (χ0n) is 10.7. The molecule has 0 N–H and O–H groups in total. The molecule has 1 unspecified atom stereocenters. The van der Waals surface area contributed by atoms with Crippen molar-refractivity contribution in [1.82, 2.24) is 0 Å². The zero-order chi connectivity index (χ0) is 11.8. The van der Waals surface area contributed by atoms with E-state index in [9.17, 15) is 0 Å². The van der Waals surface area contributed by atoms with E-state index in [1.807, 2.05) is 0 Å². The van der Waals surface area contributed by atoms with Gasteiger partial charge in [0.25, 0.3) is 0 Å². The van der Waals surface area contributed by atoms with Gasteiger partial charge < -0.3 is 14.2 Å². The van der Waals surface area contributed by atoms with Crippen molar-refractivity contribution in [3.63, 3.8) is 0 Å². The van der Waals surface area contributed by atoms with Crippen molar-refractivity contribution in [2.45, 2.75) is 39.2 Å². The van der Waals surface area contributed by atoms with E-state index in [2.05, 4.69) is 19.9 Å². The largest absolute Gasteiger partial charge is 0.374 e. The van der Waals surface area contributed by atoms with Crippen molar-refractivity contribution in [2.75, 3.05) is 27.1 Å². The minimum Gasteiger partial charge on any atom is -0.374 e. The van der Waals surface area contributed by atoms with Gasteiger partial charge in [0, 0.05) is 13.7 Å². The smallest absolute Gasteiger partial charge is 0.146 e. The summed E-state index contributed by atoms with van der Waals surface area (Å²) in [4.78, 5) is 0. The fraction of sp³-hybridized carbons (Fsp3) is 0.846. The van der Waals surface area contributed by atoms with Gasteiger partial charge in [-0.2, -0.15) is 0 Å². The van der Waals surface area contributed by atoms with Crippen LogP contribution >= 0.6 is 0 Å². The topological polar surface area (TPSA) is 27.7 Å². The van der Waals surface area contributed by atoms with E-state index in [4.69, 9.17) is 14.2 Å². The second kappa shape index (κ2) is 7.82. The molecule has 1 aliphatic rings. The Balaban J connectivity index is 2.09. The Morgan fingerprint density at radius 3 is 3.06 bits per heavy atom. The average Bonchev–Trinajstić information content (AvgIpc) is 2.24. The molecule has 0 bridgehead atoms. The first-order valence-corrected chi connectivity index (χ1v) is 6.06. The molecule has 0 aromatic carbocycles. The van der Waals surface area contributed by atoms with Crippen LogP contribution in [0.2, 0.25) is 0 Å². The van der Waals surface area contributed by atoms with Crippen molar-refractivity contribution in [2.24, 2.45) is 5.92 Å². The summed E-state index contributed by atoms with van der Waals surface area (Å²) in [5.41, 5.74) is 1.46. The van der Waals surface area contributed by atoms with Crippen LogP contribution < -0.4 is 0 Å². The quantitative estimate of drug-likeness (QED) is 0.381. The molecule has 0 aromatic heterocycles. The summed E-state index contributed by atoms with van der Waals surface area (Å²) in [6.45, 7) is 6.39. The van der Waals surface area contributed by atoms with Crippen LogP contribution in [-0.2, 0) is 14.2 Å². The van der Waals surface area contributed by atoms with Crippen LogP contribution in [0.25, 0.3) is 0 Å². The third-order valence-corrected chi connectivity index (χ3v) is 2.93. The fourth-order valence-corrected chi connectivity index (χ4v) is 1.97. The van der Waals surface area contributed by atoms with Crippen molar-refractivity contribution in [3.05, 3.63) is 11.6 Å². The molecule has 1 aliphatic heterocycles. The van der Waals surface area contributed by atoms with Gasteiger partial charge in [-0.25, -0.2) is 0 Å². The maximum atomic E-state index is 5.70. The third kappa shape index (κ3) is 5.64. The molecule has 94 valence electrons. The monoisotopic (exact) mass is 228 g/mol. The number of methoxy groups -OCH3 is 1. The van der Waals surface area contributed by atoms with Crippen LogP contribution in [0, 0.1) is 5.92 Å². The maximum absolute atomic E-state index is 5.70. The predicted molar refractivity (Wildman–Crippen MR) is 64.3 cm³/mol. The molecule has 0 fully saturated rings. The summed E-state index contributed by atoms with van der Waals surface area (Å²) in [7, 11) is 1.65. The predicted octanol–water partition coefficient (Wildman–Crippen LogP) is 2.76. The molecule has 2 atom stereocenters. The molecule has 0 saturated heterocycles. The summed E-state index contributed by atoms with van der Waals surface area (Å²) >= 11 is 0. The SMILES string of the molecule is COCOCC[C@H](C)CC1CC(C)=CCO1. The van der Waals surface area contributed by atoms with Crippen LogP contribution in [0.5, 0.6) is 0 Å². The van der Waals surface area contributed by atoms with Gasteiger partial charge in [-0.15, -0.1) is 0 Å². The molecule has 0 aliphatic carbocycles. The number of ether oxygens (including phenoxy) is 3. The van der Waals surface area contributed by atoms with E-state index >= 15 is 0 Å². The van der Waals surface area contributed by atoms with Crippen molar-refractivity contribution >= 4 is 0 Å². The highest BCUT2D eigenvalue weighted by Gasteiger charge is 2.16. The molecule has 3 heteroatoms. The van der Waals surface area contributed by atoms with E-state index in [1.54, 1.807) is 7.11 Å². The van der Waals surface area contributed by atoms with Crippen LogP contribution in [0.1, 0.15) is 33.1 Å². The van der Waals surface area contributed by atoms with Gasteiger partial charge >= 0.3 is 0 Å². The molecule has 16 heavy (non-hydrogen) atoms. The highest BCUT2D eigenvalue weighted by Crippen LogP contribution is 2.21. The number of rotatable bonds is 7. The van der Waals surface area contributed by atoms with E-state index in [0.717, 1.165) is 32.5 Å². The number of hydrogen-bond donors (Lipinski definition) is 0. The molecular formula is C13H24O3. The molecule has 1 rings (SSSR count). The van der Waals surface area contributed by atoms with E-state index in [-0.39, 0.29) is 0 Å². The zero-order valence-corrected chi connectivity index (χ0v) is 10.7. The van der Waals surface area contributed by atoms with E-state index in [1.165, 1.54) is 5.57 Å². The Morgan fingerprint density at radius 1 is 1.56 bits per heavy atom. The summed E-state index contributed by atoms with van der Waals surface area (Å²) in [6.07, 6.45) is 5.86. The van der Waals surface area contributed by atoms with Crippen LogP contribution in [0.4, 0.5) is 0 Å². The van der Waals surface area contributed by atoms with Crippen LogP contribution in [0.15, 0.2) is 11.6 Å². The van der Waals surface area contributed by atoms with Gasteiger partial charge in [-0.3, -0.25) is 0 Å².